The predicted octanol–water partition coefficient (Wildman–Crippen LogP) is 3.21. The van der Waals surface area contributed by atoms with Crippen LogP contribution < -0.4 is 5.32 Å². The summed E-state index contributed by atoms with van der Waals surface area (Å²) >= 11 is 0. The molecule has 3 heteroatoms. The molecule has 0 saturated heterocycles. The predicted molar refractivity (Wildman–Crippen MR) is 63.0 cm³/mol. The molecule has 0 bridgehead atoms. The fourth-order valence-electron chi connectivity index (χ4n) is 1.70. The molecule has 0 amide bonds. The highest BCUT2D eigenvalue weighted by atomic mass is 16.5. The van der Waals surface area contributed by atoms with Gasteiger partial charge in [0.2, 0.25) is 0 Å². The third kappa shape index (κ3) is 1.50. The Bertz CT molecular complexity index is 512. The number of hydrogen-bond donors (Lipinski definition) is 1. The van der Waals surface area contributed by atoms with Gasteiger partial charge >= 0.3 is 0 Å². The number of nitrogens with zero attached hydrogens (tertiary/aromatic N) is 1. The molecule has 78 valence electrons. The van der Waals surface area contributed by atoms with Crippen molar-refractivity contribution < 1.29 is 4.52 Å². The van der Waals surface area contributed by atoms with Gasteiger partial charge in [0.1, 0.15) is 0 Å². The summed E-state index contributed by atoms with van der Waals surface area (Å²) in [5.74, 6) is 0. The summed E-state index contributed by atoms with van der Waals surface area (Å²) in [6.45, 7) is 3.94. The van der Waals surface area contributed by atoms with E-state index in [1.807, 2.05) is 45.2 Å². The zero-order chi connectivity index (χ0) is 10.8. The minimum Gasteiger partial charge on any atom is -0.388 e. The number of aromatic nitrogens is 1. The molecule has 1 heterocycles. The normalized spacial score (nSPS) is 11.4. The number of aryl methyl sites for hydroxylation is 1. The molecular weight excluding hydrogens is 188 g/mol. The highest BCUT2D eigenvalue weighted by Gasteiger charge is 2.10. The summed E-state index contributed by atoms with van der Waals surface area (Å²) in [5.41, 5.74) is 3.88. The van der Waals surface area contributed by atoms with E-state index in [-0.39, 0.29) is 0 Å². The average molecular weight is 202 g/mol. The molecule has 0 radical (unpaired) electrons. The number of anilines is 1. The second-order valence-electron chi connectivity index (χ2n) is 3.42. The molecule has 0 saturated carbocycles. The van der Waals surface area contributed by atoms with Crippen LogP contribution >= 0.6 is 0 Å². The van der Waals surface area contributed by atoms with Crippen LogP contribution in [0.3, 0.4) is 0 Å². The van der Waals surface area contributed by atoms with E-state index in [4.69, 9.17) is 4.52 Å². The minimum absolute atomic E-state index is 0.845. The number of allylic oxidation sites excluding steroid dienone is 1. The van der Waals surface area contributed by atoms with Gasteiger partial charge in [-0.15, -0.1) is 0 Å². The van der Waals surface area contributed by atoms with Crippen molar-refractivity contribution in [1.82, 2.24) is 5.16 Å². The van der Waals surface area contributed by atoms with Crippen LogP contribution in [0.5, 0.6) is 0 Å². The zero-order valence-corrected chi connectivity index (χ0v) is 9.16. The van der Waals surface area contributed by atoms with Crippen LogP contribution in [0.2, 0.25) is 0 Å². The summed E-state index contributed by atoms with van der Waals surface area (Å²) < 4.78 is 5.33. The first-order valence-corrected chi connectivity index (χ1v) is 4.97. The maximum absolute atomic E-state index is 5.33. The largest absolute Gasteiger partial charge is 0.388 e. The van der Waals surface area contributed by atoms with Crippen molar-refractivity contribution in [3.8, 4) is 0 Å². The lowest BCUT2D eigenvalue weighted by Gasteiger charge is -2.04. The molecular formula is C12H14N2O. The SMILES string of the molecule is C/C=C/c1c(NC)ccc2c(C)noc12. The topological polar surface area (TPSA) is 38.1 Å². The van der Waals surface area contributed by atoms with E-state index in [1.165, 1.54) is 0 Å². The van der Waals surface area contributed by atoms with E-state index in [0.29, 0.717) is 0 Å². The van der Waals surface area contributed by atoms with Crippen molar-refractivity contribution in [2.45, 2.75) is 13.8 Å². The van der Waals surface area contributed by atoms with Gasteiger partial charge in [0.25, 0.3) is 0 Å². The second-order valence-corrected chi connectivity index (χ2v) is 3.42. The molecule has 0 aliphatic carbocycles. The number of nitrogens with one attached hydrogen (secondary N) is 1. The molecule has 0 fully saturated rings. The molecule has 0 atom stereocenters. The van der Waals surface area contributed by atoms with Gasteiger partial charge in [0.15, 0.2) is 5.58 Å². The molecule has 3 nitrogen and oxygen atoms in total. The zero-order valence-electron chi connectivity index (χ0n) is 9.16. The van der Waals surface area contributed by atoms with Crippen molar-refractivity contribution in [2.24, 2.45) is 0 Å². The van der Waals surface area contributed by atoms with E-state index < -0.39 is 0 Å². The number of fused-ring (bicyclic) bond motifs is 1. The number of hydrogen-bond acceptors (Lipinski definition) is 3. The molecule has 0 aliphatic rings. The van der Waals surface area contributed by atoms with Crippen LogP contribution in [0.1, 0.15) is 18.2 Å². The Labute approximate surface area is 88.8 Å². The maximum atomic E-state index is 5.33. The second kappa shape index (κ2) is 3.77. The Hall–Kier alpha value is -1.77. The van der Waals surface area contributed by atoms with Gasteiger partial charge in [-0.1, -0.05) is 17.3 Å². The fourth-order valence-corrected chi connectivity index (χ4v) is 1.70. The molecule has 2 aromatic rings. The van der Waals surface area contributed by atoms with Crippen LogP contribution in [-0.2, 0) is 0 Å². The minimum atomic E-state index is 0.845. The van der Waals surface area contributed by atoms with Gasteiger partial charge in [-0.3, -0.25) is 0 Å². The van der Waals surface area contributed by atoms with Crippen LogP contribution in [-0.4, -0.2) is 12.2 Å². The van der Waals surface area contributed by atoms with E-state index in [1.54, 1.807) is 0 Å². The number of rotatable bonds is 2. The first kappa shape index (κ1) is 9.77. The highest BCUT2D eigenvalue weighted by molar-refractivity contribution is 5.92. The third-order valence-corrected chi connectivity index (χ3v) is 2.46. The Kier molecular flexibility index (Phi) is 2.46. The standard InChI is InChI=1S/C12H14N2O/c1-4-5-10-11(13-3)7-6-9-8(2)14-15-12(9)10/h4-7,13H,1-3H3/b5-4+. The summed E-state index contributed by atoms with van der Waals surface area (Å²) in [5, 5.41) is 8.19. The van der Waals surface area contributed by atoms with Crippen LogP contribution in [0, 0.1) is 6.92 Å². The quantitative estimate of drug-likeness (QED) is 0.812. The molecule has 15 heavy (non-hydrogen) atoms. The van der Waals surface area contributed by atoms with Crippen molar-refractivity contribution in [3.05, 3.63) is 29.5 Å². The van der Waals surface area contributed by atoms with Gasteiger partial charge in [0.05, 0.1) is 5.69 Å². The Morgan fingerprint density at radius 1 is 1.40 bits per heavy atom. The smallest absolute Gasteiger partial charge is 0.176 e. The summed E-state index contributed by atoms with van der Waals surface area (Å²) in [7, 11) is 1.90. The van der Waals surface area contributed by atoms with E-state index in [9.17, 15) is 0 Å². The lowest BCUT2D eigenvalue weighted by molar-refractivity contribution is 0.450. The fraction of sp³-hybridized carbons (Fsp3) is 0.250. The lowest BCUT2D eigenvalue weighted by Crippen LogP contribution is -1.91. The highest BCUT2D eigenvalue weighted by Crippen LogP contribution is 2.29. The third-order valence-electron chi connectivity index (χ3n) is 2.46. The van der Waals surface area contributed by atoms with Gasteiger partial charge in [0, 0.05) is 23.7 Å². The summed E-state index contributed by atoms with van der Waals surface area (Å²) in [6, 6.07) is 4.07. The van der Waals surface area contributed by atoms with E-state index in [2.05, 4.69) is 10.5 Å². The molecule has 0 spiro atoms. The lowest BCUT2D eigenvalue weighted by atomic mass is 10.1. The molecule has 1 aromatic carbocycles. The van der Waals surface area contributed by atoms with Gasteiger partial charge in [-0.05, 0) is 26.0 Å². The van der Waals surface area contributed by atoms with Gasteiger partial charge in [-0.25, -0.2) is 0 Å². The van der Waals surface area contributed by atoms with Crippen LogP contribution in [0.25, 0.3) is 17.0 Å². The van der Waals surface area contributed by atoms with Crippen molar-refractivity contribution in [3.63, 3.8) is 0 Å². The molecule has 0 unspecified atom stereocenters. The van der Waals surface area contributed by atoms with Gasteiger partial charge in [-0.2, -0.15) is 0 Å². The summed E-state index contributed by atoms with van der Waals surface area (Å²) in [6.07, 6.45) is 4.02. The van der Waals surface area contributed by atoms with Crippen molar-refractivity contribution >= 4 is 22.7 Å². The van der Waals surface area contributed by atoms with Crippen LogP contribution in [0.15, 0.2) is 22.7 Å². The molecule has 0 aliphatic heterocycles. The number of benzene rings is 1. The monoisotopic (exact) mass is 202 g/mol. The van der Waals surface area contributed by atoms with Crippen molar-refractivity contribution in [1.29, 1.82) is 0 Å². The average Bonchev–Trinajstić information content (AvgIpc) is 2.62. The first-order chi connectivity index (χ1) is 7.27. The van der Waals surface area contributed by atoms with E-state index >= 15 is 0 Å². The Morgan fingerprint density at radius 3 is 2.87 bits per heavy atom. The maximum Gasteiger partial charge on any atom is 0.176 e. The van der Waals surface area contributed by atoms with Crippen LogP contribution in [0.4, 0.5) is 5.69 Å². The van der Waals surface area contributed by atoms with E-state index in [0.717, 1.165) is 27.9 Å². The molecule has 1 N–H and O–H groups in total. The molecule has 1 aromatic heterocycles. The molecule has 2 rings (SSSR count). The van der Waals surface area contributed by atoms with Crippen molar-refractivity contribution in [2.75, 3.05) is 12.4 Å². The van der Waals surface area contributed by atoms with Gasteiger partial charge < -0.3 is 9.84 Å². The Morgan fingerprint density at radius 2 is 2.20 bits per heavy atom. The Balaban J connectivity index is 2.79. The summed E-state index contributed by atoms with van der Waals surface area (Å²) in [4.78, 5) is 0. The first-order valence-electron chi connectivity index (χ1n) is 4.97.